The molecular weight excluding hydrogens is 346 g/mol. The highest BCUT2D eigenvalue weighted by molar-refractivity contribution is 5.54. The Morgan fingerprint density at radius 3 is 2.57 bits per heavy atom. The average molecular weight is 376 g/mol. The lowest BCUT2D eigenvalue weighted by molar-refractivity contribution is 0.0665. The van der Waals surface area contributed by atoms with Gasteiger partial charge in [-0.15, -0.1) is 0 Å². The van der Waals surface area contributed by atoms with Crippen LogP contribution in [0.25, 0.3) is 0 Å². The van der Waals surface area contributed by atoms with Crippen molar-refractivity contribution in [3.8, 4) is 5.75 Å². The van der Waals surface area contributed by atoms with Gasteiger partial charge in [-0.25, -0.2) is 0 Å². The van der Waals surface area contributed by atoms with Gasteiger partial charge in [-0.1, -0.05) is 36.4 Å². The minimum atomic E-state index is 0.604. The van der Waals surface area contributed by atoms with Crippen molar-refractivity contribution in [2.75, 3.05) is 31.2 Å². The molecule has 0 bridgehead atoms. The van der Waals surface area contributed by atoms with Crippen LogP contribution < -0.4 is 9.64 Å². The van der Waals surface area contributed by atoms with Gasteiger partial charge in [0.1, 0.15) is 12.4 Å². The van der Waals surface area contributed by atoms with E-state index in [0.29, 0.717) is 12.6 Å². The van der Waals surface area contributed by atoms with E-state index in [1.54, 1.807) is 0 Å². The van der Waals surface area contributed by atoms with Crippen molar-refractivity contribution < 1.29 is 4.74 Å². The molecule has 146 valence electrons. The molecule has 2 fully saturated rings. The van der Waals surface area contributed by atoms with Crippen LogP contribution in [0.3, 0.4) is 0 Å². The Morgan fingerprint density at radius 2 is 1.79 bits per heavy atom. The quantitative estimate of drug-likeness (QED) is 0.718. The van der Waals surface area contributed by atoms with Crippen LogP contribution >= 0.6 is 0 Å². The Labute approximate surface area is 168 Å². The number of benzene rings is 2. The fraction of sp³-hybridized carbons (Fsp3) is 0.417. The molecular formula is C24H29N3O. The van der Waals surface area contributed by atoms with Crippen LogP contribution in [0.4, 0.5) is 5.69 Å². The molecule has 0 unspecified atom stereocenters. The van der Waals surface area contributed by atoms with Crippen molar-refractivity contribution >= 4 is 5.69 Å². The summed E-state index contributed by atoms with van der Waals surface area (Å²) < 4.78 is 6.00. The third-order valence-electron chi connectivity index (χ3n) is 6.30. The highest BCUT2D eigenvalue weighted by Gasteiger charge is 2.36. The summed E-state index contributed by atoms with van der Waals surface area (Å²) >= 11 is 0. The van der Waals surface area contributed by atoms with Gasteiger partial charge < -0.3 is 19.4 Å². The summed E-state index contributed by atoms with van der Waals surface area (Å²) in [6, 6.07) is 19.5. The Bertz CT molecular complexity index is 812. The molecule has 0 spiro atoms. The first-order valence-corrected chi connectivity index (χ1v) is 10.5. The predicted octanol–water partition coefficient (Wildman–Crippen LogP) is 4.30. The van der Waals surface area contributed by atoms with Gasteiger partial charge in [0, 0.05) is 36.7 Å². The van der Waals surface area contributed by atoms with Gasteiger partial charge in [-0.3, -0.25) is 0 Å². The number of hydrogen-bond acceptors (Lipinski definition) is 4. The van der Waals surface area contributed by atoms with Crippen LogP contribution in [-0.2, 0) is 6.61 Å². The standard InChI is InChI=1S/C24H29N3O/c1-2-6-20(7-3-1)18-28-24-9-4-8-22(16-24)26-12-13-27(19-26)23-14-21(15-23)17-25-10-5-11-25/h1-4,6-9,12-13,16,21,23H,5,10-11,14-15,17-19H2. The molecule has 0 aromatic heterocycles. The highest BCUT2D eigenvalue weighted by atomic mass is 16.5. The molecule has 0 atom stereocenters. The van der Waals surface area contributed by atoms with Gasteiger partial charge in [0.05, 0.1) is 6.67 Å². The van der Waals surface area contributed by atoms with Crippen LogP contribution in [0.1, 0.15) is 24.8 Å². The molecule has 2 aromatic rings. The maximum atomic E-state index is 6.00. The number of nitrogens with zero attached hydrogens (tertiary/aromatic N) is 3. The lowest BCUT2D eigenvalue weighted by Crippen LogP contribution is -2.49. The van der Waals surface area contributed by atoms with E-state index in [4.69, 9.17) is 4.74 Å². The van der Waals surface area contributed by atoms with Crippen LogP contribution in [-0.4, -0.2) is 42.1 Å². The highest BCUT2D eigenvalue weighted by Crippen LogP contribution is 2.35. The van der Waals surface area contributed by atoms with Crippen LogP contribution in [0.2, 0.25) is 0 Å². The molecule has 1 aliphatic carbocycles. The smallest absolute Gasteiger partial charge is 0.121 e. The monoisotopic (exact) mass is 375 g/mol. The molecule has 2 heterocycles. The van der Waals surface area contributed by atoms with E-state index in [9.17, 15) is 0 Å². The molecule has 2 aromatic carbocycles. The molecule has 1 saturated carbocycles. The van der Waals surface area contributed by atoms with Gasteiger partial charge in [0.15, 0.2) is 0 Å². The second-order valence-corrected chi connectivity index (χ2v) is 8.34. The summed E-state index contributed by atoms with van der Waals surface area (Å²) in [5.74, 6) is 1.83. The van der Waals surface area contributed by atoms with Crippen LogP contribution in [0, 0.1) is 5.92 Å². The molecule has 5 rings (SSSR count). The molecule has 1 saturated heterocycles. The molecule has 4 nitrogen and oxygen atoms in total. The second-order valence-electron chi connectivity index (χ2n) is 8.34. The first kappa shape index (κ1) is 17.6. The summed E-state index contributed by atoms with van der Waals surface area (Å²) in [7, 11) is 0. The van der Waals surface area contributed by atoms with Crippen LogP contribution in [0.5, 0.6) is 5.75 Å². The summed E-state index contributed by atoms with van der Waals surface area (Å²) in [5.41, 5.74) is 2.39. The van der Waals surface area contributed by atoms with Gasteiger partial charge in [-0.2, -0.15) is 0 Å². The first-order valence-electron chi connectivity index (χ1n) is 10.5. The van der Waals surface area contributed by atoms with E-state index < -0.39 is 0 Å². The molecule has 3 aliphatic rings. The fourth-order valence-corrected chi connectivity index (χ4v) is 4.38. The molecule has 28 heavy (non-hydrogen) atoms. The third-order valence-corrected chi connectivity index (χ3v) is 6.30. The predicted molar refractivity (Wildman–Crippen MR) is 113 cm³/mol. The maximum absolute atomic E-state index is 6.00. The largest absolute Gasteiger partial charge is 0.489 e. The van der Waals surface area contributed by atoms with E-state index >= 15 is 0 Å². The van der Waals surface area contributed by atoms with E-state index in [1.807, 2.05) is 24.3 Å². The minimum Gasteiger partial charge on any atom is -0.489 e. The topological polar surface area (TPSA) is 19.0 Å². The van der Waals surface area contributed by atoms with Crippen LogP contribution in [0.15, 0.2) is 67.0 Å². The lowest BCUT2D eigenvalue weighted by atomic mass is 9.79. The van der Waals surface area contributed by atoms with Crippen molar-refractivity contribution in [2.45, 2.75) is 31.9 Å². The Hall–Kier alpha value is -2.46. The summed E-state index contributed by atoms with van der Waals surface area (Å²) in [4.78, 5) is 7.43. The fourth-order valence-electron chi connectivity index (χ4n) is 4.38. The Balaban J connectivity index is 1.13. The number of anilines is 1. The summed E-state index contributed by atoms with van der Waals surface area (Å²) in [6.07, 6.45) is 8.55. The average Bonchev–Trinajstić information content (AvgIpc) is 3.15. The second kappa shape index (κ2) is 7.88. The van der Waals surface area contributed by atoms with E-state index in [2.05, 4.69) is 57.4 Å². The first-order chi connectivity index (χ1) is 13.8. The summed E-state index contributed by atoms with van der Waals surface area (Å²) in [5, 5.41) is 0. The van der Waals surface area contributed by atoms with Crippen molar-refractivity contribution in [3.05, 3.63) is 72.6 Å². The zero-order valence-electron chi connectivity index (χ0n) is 16.4. The van der Waals surface area contributed by atoms with Gasteiger partial charge in [0.2, 0.25) is 0 Å². The minimum absolute atomic E-state index is 0.604. The number of likely N-dealkylation sites (tertiary alicyclic amines) is 1. The number of ether oxygens (including phenoxy) is 1. The van der Waals surface area contributed by atoms with E-state index in [-0.39, 0.29) is 0 Å². The Kier molecular flexibility index (Phi) is 4.96. The van der Waals surface area contributed by atoms with Crippen molar-refractivity contribution in [2.24, 2.45) is 5.92 Å². The molecule has 4 heteroatoms. The zero-order chi connectivity index (χ0) is 18.8. The Morgan fingerprint density at radius 1 is 0.929 bits per heavy atom. The van der Waals surface area contributed by atoms with Gasteiger partial charge in [-0.05, 0) is 56.0 Å². The third kappa shape index (κ3) is 3.88. The molecule has 0 amide bonds. The van der Waals surface area contributed by atoms with Gasteiger partial charge >= 0.3 is 0 Å². The normalized spacial score (nSPS) is 24.1. The molecule has 0 radical (unpaired) electrons. The molecule has 2 aliphatic heterocycles. The van der Waals surface area contributed by atoms with E-state index in [0.717, 1.165) is 18.3 Å². The van der Waals surface area contributed by atoms with Gasteiger partial charge in [0.25, 0.3) is 0 Å². The van der Waals surface area contributed by atoms with E-state index in [1.165, 1.54) is 50.1 Å². The summed E-state index contributed by atoms with van der Waals surface area (Å²) in [6.45, 7) is 5.51. The lowest BCUT2D eigenvalue weighted by Gasteiger charge is -2.45. The van der Waals surface area contributed by atoms with Crippen molar-refractivity contribution in [1.82, 2.24) is 9.80 Å². The SMILES string of the molecule is C1=CN(C2CC(CN3CCC3)C2)CN1c1cccc(OCc2ccccc2)c1. The zero-order valence-corrected chi connectivity index (χ0v) is 16.4. The number of rotatable bonds is 7. The maximum Gasteiger partial charge on any atom is 0.121 e. The van der Waals surface area contributed by atoms with Crippen molar-refractivity contribution in [3.63, 3.8) is 0 Å². The molecule has 0 N–H and O–H groups in total. The number of hydrogen-bond donors (Lipinski definition) is 0. The van der Waals surface area contributed by atoms with Crippen molar-refractivity contribution in [1.29, 1.82) is 0 Å².